The highest BCUT2D eigenvalue weighted by molar-refractivity contribution is 9.10. The van der Waals surface area contributed by atoms with E-state index in [4.69, 9.17) is 14.5 Å². The molecule has 0 unspecified atom stereocenters. The van der Waals surface area contributed by atoms with Crippen LogP contribution in [0.25, 0.3) is 11.8 Å². The maximum Gasteiger partial charge on any atom is 0.338 e. The highest BCUT2D eigenvalue weighted by Crippen LogP contribution is 2.36. The molecule has 38 heavy (non-hydrogen) atoms. The van der Waals surface area contributed by atoms with Crippen LogP contribution in [0.15, 0.2) is 92.6 Å². The molecule has 1 aromatic heterocycles. The van der Waals surface area contributed by atoms with E-state index >= 15 is 0 Å². The molecule has 0 fully saturated rings. The number of ether oxygens (including phenoxy) is 2. The van der Waals surface area contributed by atoms with Gasteiger partial charge in [0.1, 0.15) is 0 Å². The summed E-state index contributed by atoms with van der Waals surface area (Å²) in [5.41, 5.74) is 2.65. The van der Waals surface area contributed by atoms with Crippen LogP contribution in [-0.2, 0) is 9.53 Å². The van der Waals surface area contributed by atoms with Gasteiger partial charge >= 0.3 is 5.97 Å². The molecule has 3 aromatic carbocycles. The third-order valence-electron chi connectivity index (χ3n) is 6.06. The molecule has 192 valence electrons. The molecule has 0 spiro atoms. The van der Waals surface area contributed by atoms with Gasteiger partial charge in [-0.2, -0.15) is 0 Å². The lowest BCUT2D eigenvalue weighted by Crippen LogP contribution is -2.39. The van der Waals surface area contributed by atoms with Gasteiger partial charge in [-0.3, -0.25) is 9.36 Å². The van der Waals surface area contributed by atoms with E-state index in [2.05, 4.69) is 15.9 Å². The predicted molar refractivity (Wildman–Crippen MR) is 150 cm³/mol. The molecule has 1 atom stereocenters. The zero-order chi connectivity index (χ0) is 26.8. The van der Waals surface area contributed by atoms with Crippen molar-refractivity contribution in [3.63, 3.8) is 0 Å². The lowest BCUT2D eigenvalue weighted by atomic mass is 9.93. The number of halogens is 1. The first kappa shape index (κ1) is 25.7. The lowest BCUT2D eigenvalue weighted by molar-refractivity contribution is -0.138. The van der Waals surface area contributed by atoms with Crippen LogP contribution < -0.4 is 19.6 Å². The van der Waals surface area contributed by atoms with Gasteiger partial charge in [0.2, 0.25) is 0 Å². The molecule has 2 heterocycles. The van der Waals surface area contributed by atoms with E-state index in [0.717, 1.165) is 11.1 Å². The van der Waals surface area contributed by atoms with Crippen LogP contribution in [0.5, 0.6) is 11.5 Å². The largest absolute Gasteiger partial charge is 0.503 e. The summed E-state index contributed by atoms with van der Waals surface area (Å²) in [7, 11) is 1.46. The second kappa shape index (κ2) is 10.8. The second-order valence-corrected chi connectivity index (χ2v) is 10.3. The zero-order valence-corrected chi connectivity index (χ0v) is 23.0. The van der Waals surface area contributed by atoms with Crippen molar-refractivity contribution in [2.75, 3.05) is 13.7 Å². The number of aromatic hydroxyl groups is 1. The molecule has 5 rings (SSSR count). The average molecular weight is 591 g/mol. The summed E-state index contributed by atoms with van der Waals surface area (Å²) < 4.78 is 13.1. The second-order valence-electron chi connectivity index (χ2n) is 8.40. The first-order valence-corrected chi connectivity index (χ1v) is 13.4. The molecule has 9 heteroatoms. The van der Waals surface area contributed by atoms with E-state index in [1.165, 1.54) is 18.4 Å². The van der Waals surface area contributed by atoms with Crippen molar-refractivity contribution in [2.45, 2.75) is 13.0 Å². The van der Waals surface area contributed by atoms with E-state index in [-0.39, 0.29) is 23.7 Å². The summed E-state index contributed by atoms with van der Waals surface area (Å²) >= 11 is 4.56. The number of hydrogen-bond donors (Lipinski definition) is 1. The molecular weight excluding hydrogens is 568 g/mol. The van der Waals surface area contributed by atoms with Crippen LogP contribution in [-0.4, -0.2) is 29.4 Å². The van der Waals surface area contributed by atoms with Crippen molar-refractivity contribution >= 4 is 45.0 Å². The number of nitrogens with zero attached hydrogens (tertiary/aromatic N) is 2. The normalized spacial score (nSPS) is 15.1. The first-order valence-electron chi connectivity index (χ1n) is 11.8. The Morgan fingerprint density at radius 1 is 1.13 bits per heavy atom. The Kier molecular flexibility index (Phi) is 7.31. The summed E-state index contributed by atoms with van der Waals surface area (Å²) in [6.45, 7) is 1.94. The molecule has 0 saturated carbocycles. The highest BCUT2D eigenvalue weighted by Gasteiger charge is 2.35. The monoisotopic (exact) mass is 590 g/mol. The van der Waals surface area contributed by atoms with Gasteiger partial charge < -0.3 is 14.6 Å². The SMILES string of the molecule is CCOC(=O)C1=C(c2ccccc2)N=c2s/c(=C\c3cc(Br)c(O)c(OC)c3)c(=O)n2[C@@H]1c1ccccc1. The number of thiazole rings is 1. The number of carbonyl (C=O) groups excluding carboxylic acids is 1. The Hall–Kier alpha value is -3.95. The van der Waals surface area contributed by atoms with Crippen molar-refractivity contribution < 1.29 is 19.4 Å². The number of phenolic OH excluding ortho intramolecular Hbond substituents is 1. The molecule has 1 aliphatic heterocycles. The summed E-state index contributed by atoms with van der Waals surface area (Å²) in [6, 6.07) is 21.4. The molecular formula is C29H23BrN2O5S. The summed E-state index contributed by atoms with van der Waals surface area (Å²) in [5, 5.41) is 10.2. The Morgan fingerprint density at radius 3 is 2.47 bits per heavy atom. The van der Waals surface area contributed by atoms with Crippen molar-refractivity contribution in [1.29, 1.82) is 0 Å². The molecule has 0 radical (unpaired) electrons. The highest BCUT2D eigenvalue weighted by atomic mass is 79.9. The van der Waals surface area contributed by atoms with Crippen LogP contribution in [0.4, 0.5) is 0 Å². The van der Waals surface area contributed by atoms with Crippen LogP contribution in [0.1, 0.15) is 29.7 Å². The van der Waals surface area contributed by atoms with Gasteiger partial charge in [-0.1, -0.05) is 72.0 Å². The fourth-order valence-corrected chi connectivity index (χ4v) is 5.84. The quantitative estimate of drug-likeness (QED) is 0.336. The van der Waals surface area contributed by atoms with Gasteiger partial charge in [0, 0.05) is 5.56 Å². The van der Waals surface area contributed by atoms with Gasteiger partial charge in [0.15, 0.2) is 16.3 Å². The maximum atomic E-state index is 13.9. The van der Waals surface area contributed by atoms with Gasteiger partial charge in [-0.05, 0) is 52.2 Å². The Labute approximate surface area is 230 Å². The molecule has 0 aliphatic carbocycles. The molecule has 4 aromatic rings. The standard InChI is InChI=1S/C29H23BrN2O5S/c1-3-37-28(35)23-24(18-10-6-4-7-11-18)31-29-32(25(23)19-12-8-5-9-13-19)27(34)22(38-29)16-17-14-20(30)26(33)21(15-17)36-2/h4-16,25,33H,3H2,1-2H3/b22-16-/t25-/m1/s1. The molecule has 7 nitrogen and oxygen atoms in total. The number of esters is 1. The van der Waals surface area contributed by atoms with E-state index < -0.39 is 12.0 Å². The van der Waals surface area contributed by atoms with Crippen molar-refractivity contribution in [2.24, 2.45) is 4.99 Å². The van der Waals surface area contributed by atoms with E-state index in [1.807, 2.05) is 60.7 Å². The van der Waals surface area contributed by atoms with Crippen molar-refractivity contribution in [3.05, 3.63) is 119 Å². The van der Waals surface area contributed by atoms with E-state index in [0.29, 0.717) is 30.6 Å². The summed E-state index contributed by atoms with van der Waals surface area (Å²) in [6.07, 6.45) is 1.72. The third-order valence-corrected chi connectivity index (χ3v) is 7.64. The van der Waals surface area contributed by atoms with Crippen molar-refractivity contribution in [3.8, 4) is 11.5 Å². The minimum absolute atomic E-state index is 0.0261. The fraction of sp³-hybridized carbons (Fsp3) is 0.138. The van der Waals surface area contributed by atoms with Crippen molar-refractivity contribution in [1.82, 2.24) is 4.57 Å². The number of hydrogen-bond acceptors (Lipinski definition) is 7. The summed E-state index contributed by atoms with van der Waals surface area (Å²) in [5.74, 6) is -0.274. The minimum atomic E-state index is -0.732. The fourth-order valence-electron chi connectivity index (χ4n) is 4.38. The minimum Gasteiger partial charge on any atom is -0.503 e. The third kappa shape index (κ3) is 4.70. The summed E-state index contributed by atoms with van der Waals surface area (Å²) in [4.78, 5) is 32.6. The van der Waals surface area contributed by atoms with E-state index in [1.54, 1.807) is 29.7 Å². The zero-order valence-electron chi connectivity index (χ0n) is 20.6. The van der Waals surface area contributed by atoms with E-state index in [9.17, 15) is 14.7 Å². The maximum absolute atomic E-state index is 13.9. The number of phenols is 1. The number of rotatable bonds is 6. The predicted octanol–water partition coefficient (Wildman–Crippen LogP) is 4.41. The number of aromatic nitrogens is 1. The van der Waals surface area contributed by atoms with Crippen LogP contribution in [0.2, 0.25) is 0 Å². The topological polar surface area (TPSA) is 90.1 Å². The van der Waals surface area contributed by atoms with Gasteiger partial charge in [-0.25, -0.2) is 9.79 Å². The van der Waals surface area contributed by atoms with Gasteiger partial charge in [0.25, 0.3) is 5.56 Å². The van der Waals surface area contributed by atoms with Crippen LogP contribution >= 0.6 is 27.3 Å². The number of benzene rings is 3. The molecule has 0 saturated heterocycles. The Balaban J connectivity index is 1.81. The number of carbonyl (C=O) groups is 1. The molecule has 1 aliphatic rings. The number of methoxy groups -OCH3 is 1. The first-order chi connectivity index (χ1) is 18.4. The molecule has 0 bridgehead atoms. The smallest absolute Gasteiger partial charge is 0.338 e. The van der Waals surface area contributed by atoms with Gasteiger partial charge in [-0.15, -0.1) is 0 Å². The van der Waals surface area contributed by atoms with Gasteiger partial charge in [0.05, 0.1) is 40.0 Å². The molecule has 1 N–H and O–H groups in total. The Morgan fingerprint density at radius 2 is 1.82 bits per heavy atom. The number of fused-ring (bicyclic) bond motifs is 1. The average Bonchev–Trinajstić information content (AvgIpc) is 3.25. The lowest BCUT2D eigenvalue weighted by Gasteiger charge is -2.25. The van der Waals surface area contributed by atoms with Crippen LogP contribution in [0.3, 0.4) is 0 Å². The van der Waals surface area contributed by atoms with Crippen LogP contribution in [0, 0.1) is 0 Å². The Bertz CT molecular complexity index is 1730. The molecule has 0 amide bonds.